The number of benzene rings is 2. The van der Waals surface area contributed by atoms with Gasteiger partial charge in [0.1, 0.15) is 10.6 Å². The molecule has 0 amide bonds. The summed E-state index contributed by atoms with van der Waals surface area (Å²) in [5.74, 6) is 0.429. The highest BCUT2D eigenvalue weighted by Gasteiger charge is 2.26. The lowest BCUT2D eigenvalue weighted by molar-refractivity contribution is 0.400. The van der Waals surface area contributed by atoms with Crippen LogP contribution in [-0.2, 0) is 22.9 Å². The normalized spacial score (nSPS) is 15.3. The van der Waals surface area contributed by atoms with Crippen molar-refractivity contribution in [1.29, 1.82) is 0 Å². The molecule has 0 fully saturated rings. The van der Waals surface area contributed by atoms with Gasteiger partial charge >= 0.3 is 0 Å². The van der Waals surface area contributed by atoms with Crippen LogP contribution in [0.25, 0.3) is 0 Å². The summed E-state index contributed by atoms with van der Waals surface area (Å²) in [6.07, 6.45) is 4.84. The number of aryl methyl sites for hydroxylation is 4. The molecule has 1 N–H and O–H groups in total. The standard InChI is InChI=1S/C22H29NO3S/c1-5-20(19-11-10-15(2)16(3)12-19)23-27(24,25)22-14-18-9-7-6-8-17(18)13-21(22)26-4/h10-14,20,23H,5-9H2,1-4H3/t20-/m1/s1. The van der Waals surface area contributed by atoms with Gasteiger partial charge in [-0.3, -0.25) is 0 Å². The highest BCUT2D eigenvalue weighted by molar-refractivity contribution is 7.89. The molecular weight excluding hydrogens is 358 g/mol. The van der Waals surface area contributed by atoms with E-state index in [1.807, 2.05) is 38.1 Å². The van der Waals surface area contributed by atoms with Crippen molar-refractivity contribution in [3.63, 3.8) is 0 Å². The van der Waals surface area contributed by atoms with Crippen molar-refractivity contribution < 1.29 is 13.2 Å². The van der Waals surface area contributed by atoms with Gasteiger partial charge in [0, 0.05) is 6.04 Å². The molecule has 0 heterocycles. The first-order chi connectivity index (χ1) is 12.9. The quantitative estimate of drug-likeness (QED) is 0.787. The maximum Gasteiger partial charge on any atom is 0.244 e. The van der Waals surface area contributed by atoms with E-state index in [-0.39, 0.29) is 10.9 Å². The zero-order valence-corrected chi connectivity index (χ0v) is 17.4. The number of hydrogen-bond acceptors (Lipinski definition) is 3. The van der Waals surface area contributed by atoms with Crippen molar-refractivity contribution in [3.05, 3.63) is 58.1 Å². The molecule has 0 unspecified atom stereocenters. The van der Waals surface area contributed by atoms with Gasteiger partial charge in [0.2, 0.25) is 10.0 Å². The summed E-state index contributed by atoms with van der Waals surface area (Å²) < 4.78 is 34.7. The number of rotatable bonds is 6. The molecule has 0 saturated carbocycles. The number of nitrogens with one attached hydrogen (secondary N) is 1. The molecular formula is C22H29NO3S. The number of hydrogen-bond donors (Lipinski definition) is 1. The molecule has 1 aliphatic rings. The fourth-order valence-electron chi connectivity index (χ4n) is 3.73. The minimum Gasteiger partial charge on any atom is -0.495 e. The van der Waals surface area contributed by atoms with E-state index in [4.69, 9.17) is 4.74 Å². The topological polar surface area (TPSA) is 55.4 Å². The van der Waals surface area contributed by atoms with Gasteiger partial charge in [0.15, 0.2) is 0 Å². The van der Waals surface area contributed by atoms with Crippen LogP contribution in [0.1, 0.15) is 60.0 Å². The molecule has 146 valence electrons. The van der Waals surface area contributed by atoms with Crippen molar-refractivity contribution in [2.45, 2.75) is 63.8 Å². The van der Waals surface area contributed by atoms with Crippen LogP contribution in [-0.4, -0.2) is 15.5 Å². The fraction of sp³-hybridized carbons (Fsp3) is 0.455. The Morgan fingerprint density at radius 2 is 1.70 bits per heavy atom. The molecule has 3 rings (SSSR count). The fourth-order valence-corrected chi connectivity index (χ4v) is 5.24. The molecule has 5 heteroatoms. The average Bonchev–Trinajstić information content (AvgIpc) is 2.67. The second-order valence-electron chi connectivity index (χ2n) is 7.40. The SMILES string of the molecule is CC[C@@H](NS(=O)(=O)c1cc2c(cc1OC)CCCC2)c1ccc(C)c(C)c1. The summed E-state index contributed by atoms with van der Waals surface area (Å²) in [5, 5.41) is 0. The lowest BCUT2D eigenvalue weighted by Crippen LogP contribution is -2.29. The number of fused-ring (bicyclic) bond motifs is 1. The summed E-state index contributed by atoms with van der Waals surface area (Å²) in [6, 6.07) is 9.55. The van der Waals surface area contributed by atoms with Crippen LogP contribution < -0.4 is 9.46 Å². The minimum absolute atomic E-state index is 0.243. The second kappa shape index (κ2) is 8.03. The zero-order chi connectivity index (χ0) is 19.6. The Morgan fingerprint density at radius 1 is 1.04 bits per heavy atom. The Kier molecular flexibility index (Phi) is 5.92. The third-order valence-electron chi connectivity index (χ3n) is 5.56. The third-order valence-corrected chi connectivity index (χ3v) is 7.05. The molecule has 0 radical (unpaired) electrons. The lowest BCUT2D eigenvalue weighted by atomic mass is 9.92. The van der Waals surface area contributed by atoms with Gasteiger partial charge in [-0.2, -0.15) is 0 Å². The first-order valence-electron chi connectivity index (χ1n) is 9.65. The molecule has 27 heavy (non-hydrogen) atoms. The van der Waals surface area contributed by atoms with Gasteiger partial charge in [0.25, 0.3) is 0 Å². The molecule has 1 atom stereocenters. The zero-order valence-electron chi connectivity index (χ0n) is 16.6. The first kappa shape index (κ1) is 19.9. The van der Waals surface area contributed by atoms with Crippen LogP contribution in [0.2, 0.25) is 0 Å². The summed E-state index contributed by atoms with van der Waals surface area (Å²) in [6.45, 7) is 6.10. The number of ether oxygens (including phenoxy) is 1. The smallest absolute Gasteiger partial charge is 0.244 e. The van der Waals surface area contributed by atoms with E-state index in [1.54, 1.807) is 0 Å². The largest absolute Gasteiger partial charge is 0.495 e. The van der Waals surface area contributed by atoms with Gasteiger partial charge < -0.3 is 4.74 Å². The first-order valence-corrected chi connectivity index (χ1v) is 11.1. The number of methoxy groups -OCH3 is 1. The van der Waals surface area contributed by atoms with Crippen molar-refractivity contribution in [1.82, 2.24) is 4.72 Å². The highest BCUT2D eigenvalue weighted by atomic mass is 32.2. The molecule has 0 aromatic heterocycles. The van der Waals surface area contributed by atoms with E-state index in [1.165, 1.54) is 18.2 Å². The molecule has 4 nitrogen and oxygen atoms in total. The molecule has 0 spiro atoms. The van der Waals surface area contributed by atoms with E-state index in [2.05, 4.69) is 17.7 Å². The van der Waals surface area contributed by atoms with E-state index in [9.17, 15) is 8.42 Å². The number of sulfonamides is 1. The average molecular weight is 388 g/mol. The van der Waals surface area contributed by atoms with Crippen molar-refractivity contribution in [3.8, 4) is 5.75 Å². The van der Waals surface area contributed by atoms with Crippen molar-refractivity contribution in [2.75, 3.05) is 7.11 Å². The van der Waals surface area contributed by atoms with Crippen LogP contribution in [0.4, 0.5) is 0 Å². The van der Waals surface area contributed by atoms with Crippen LogP contribution in [0.5, 0.6) is 5.75 Å². The molecule has 2 aromatic rings. The van der Waals surface area contributed by atoms with Crippen LogP contribution in [0.15, 0.2) is 35.2 Å². The predicted molar refractivity (Wildman–Crippen MR) is 109 cm³/mol. The van der Waals surface area contributed by atoms with E-state index in [0.29, 0.717) is 12.2 Å². The van der Waals surface area contributed by atoms with E-state index < -0.39 is 10.0 Å². The van der Waals surface area contributed by atoms with Gasteiger partial charge in [-0.05, 0) is 85.9 Å². The summed E-state index contributed by atoms with van der Waals surface area (Å²) in [4.78, 5) is 0.243. The van der Waals surface area contributed by atoms with E-state index in [0.717, 1.165) is 42.4 Å². The minimum atomic E-state index is -3.69. The molecule has 0 saturated heterocycles. The van der Waals surface area contributed by atoms with E-state index >= 15 is 0 Å². The second-order valence-corrected chi connectivity index (χ2v) is 9.09. The van der Waals surface area contributed by atoms with Crippen LogP contribution >= 0.6 is 0 Å². The Morgan fingerprint density at radius 3 is 2.30 bits per heavy atom. The predicted octanol–water partition coefficient (Wildman–Crippen LogP) is 4.62. The Balaban J connectivity index is 1.96. The van der Waals surface area contributed by atoms with Crippen molar-refractivity contribution in [2.24, 2.45) is 0 Å². The van der Waals surface area contributed by atoms with Gasteiger partial charge in [-0.25, -0.2) is 13.1 Å². The maximum absolute atomic E-state index is 13.2. The summed E-state index contributed by atoms with van der Waals surface area (Å²) in [7, 11) is -2.16. The molecule has 2 aromatic carbocycles. The van der Waals surface area contributed by atoms with Gasteiger partial charge in [-0.1, -0.05) is 25.1 Å². The molecule has 0 aliphatic heterocycles. The highest BCUT2D eigenvalue weighted by Crippen LogP contribution is 2.33. The third kappa shape index (κ3) is 4.19. The summed E-state index contributed by atoms with van der Waals surface area (Å²) >= 11 is 0. The lowest BCUT2D eigenvalue weighted by Gasteiger charge is -2.22. The maximum atomic E-state index is 13.2. The van der Waals surface area contributed by atoms with Gasteiger partial charge in [-0.15, -0.1) is 0 Å². The molecule has 0 bridgehead atoms. The Hall–Kier alpha value is -1.85. The van der Waals surface area contributed by atoms with Crippen LogP contribution in [0, 0.1) is 13.8 Å². The summed E-state index contributed by atoms with van der Waals surface area (Å²) in [5.41, 5.74) is 5.69. The van der Waals surface area contributed by atoms with Gasteiger partial charge in [0.05, 0.1) is 7.11 Å². The molecule has 1 aliphatic carbocycles. The van der Waals surface area contributed by atoms with Crippen LogP contribution in [0.3, 0.4) is 0 Å². The Bertz CT molecular complexity index is 935. The Labute approximate surface area is 163 Å². The van der Waals surface area contributed by atoms with Crippen molar-refractivity contribution >= 4 is 10.0 Å². The monoisotopic (exact) mass is 387 g/mol.